The normalized spacial score (nSPS) is 14.8. The molecule has 0 fully saturated rings. The van der Waals surface area contributed by atoms with Crippen LogP contribution in [-0.4, -0.2) is 31.6 Å². The monoisotopic (exact) mass is 494 g/mol. The van der Waals surface area contributed by atoms with E-state index in [1.54, 1.807) is 32.9 Å². The van der Waals surface area contributed by atoms with Crippen LogP contribution < -0.4 is 0 Å². The van der Waals surface area contributed by atoms with Crippen LogP contribution in [0, 0.1) is 11.8 Å². The van der Waals surface area contributed by atoms with Gasteiger partial charge in [-0.25, -0.2) is 4.79 Å². The number of carbonyl (C=O) groups excluding carboxylic acids is 1. The quantitative estimate of drug-likeness (QED) is 0.283. The van der Waals surface area contributed by atoms with Gasteiger partial charge in [0, 0.05) is 22.3 Å². The van der Waals surface area contributed by atoms with Crippen molar-refractivity contribution in [3.8, 4) is 17.6 Å². The molecule has 3 rings (SSSR count). The number of carbonyl (C=O) groups is 1. The summed E-state index contributed by atoms with van der Waals surface area (Å²) in [7, 11) is -5.90. The molecule has 0 bridgehead atoms. The summed E-state index contributed by atoms with van der Waals surface area (Å²) in [6.07, 6.45) is 1.39. The van der Waals surface area contributed by atoms with Gasteiger partial charge in [0.15, 0.2) is 0 Å². The lowest BCUT2D eigenvalue weighted by Crippen LogP contribution is -2.28. The van der Waals surface area contributed by atoms with E-state index < -0.39 is 32.8 Å². The van der Waals surface area contributed by atoms with Crippen LogP contribution in [0.1, 0.15) is 59.8 Å². The molecule has 0 aromatic heterocycles. The molecule has 1 aliphatic rings. The summed E-state index contributed by atoms with van der Waals surface area (Å²) in [6.45, 7) is 5.45. The predicted molar refractivity (Wildman–Crippen MR) is 118 cm³/mol. The zero-order chi connectivity index (χ0) is 25.3. The summed E-state index contributed by atoms with van der Waals surface area (Å²) in [5.41, 5.74) is -4.93. The maximum atomic E-state index is 12.9. The summed E-state index contributed by atoms with van der Waals surface area (Å²) in [4.78, 5) is 11.7. The van der Waals surface area contributed by atoms with Gasteiger partial charge in [0.2, 0.25) is 0 Å². The molecule has 0 atom stereocenters. The van der Waals surface area contributed by atoms with Gasteiger partial charge in [0.1, 0.15) is 11.5 Å². The van der Waals surface area contributed by atoms with Crippen LogP contribution in [0.2, 0.25) is 0 Å². The van der Waals surface area contributed by atoms with Gasteiger partial charge in [-0.3, -0.25) is 0 Å². The molecule has 0 amide bonds. The Hall–Kier alpha value is -3.45. The van der Waals surface area contributed by atoms with Crippen molar-refractivity contribution < 1.29 is 40.4 Å². The Labute approximate surface area is 195 Å². The molecule has 2 aromatic carbocycles. The third-order valence-electron chi connectivity index (χ3n) is 5.09. The molecule has 0 unspecified atom stereocenters. The number of phenolic OH excluding ortho intramolecular Hbond substituents is 1. The summed E-state index contributed by atoms with van der Waals surface area (Å²) >= 11 is 0. The zero-order valence-corrected chi connectivity index (χ0v) is 19.3. The third kappa shape index (κ3) is 5.20. The molecule has 0 heterocycles. The predicted octanol–water partition coefficient (Wildman–Crippen LogP) is 4.86. The zero-order valence-electron chi connectivity index (χ0n) is 18.5. The van der Waals surface area contributed by atoms with Crippen LogP contribution in [0.25, 0.3) is 5.76 Å². The van der Waals surface area contributed by atoms with Gasteiger partial charge in [-0.1, -0.05) is 25.7 Å². The number of allylic oxidation sites excluding steroid dienone is 1. The van der Waals surface area contributed by atoms with E-state index in [1.165, 1.54) is 30.3 Å². The van der Waals surface area contributed by atoms with Gasteiger partial charge in [-0.05, 0) is 61.2 Å². The van der Waals surface area contributed by atoms with Crippen molar-refractivity contribution in [1.29, 1.82) is 0 Å². The van der Waals surface area contributed by atoms with Gasteiger partial charge in [0.05, 0.1) is 12.2 Å². The number of alkyl halides is 3. The van der Waals surface area contributed by atoms with Gasteiger partial charge in [0.25, 0.3) is 0 Å². The Balaban J connectivity index is 1.99. The summed E-state index contributed by atoms with van der Waals surface area (Å²) < 4.78 is 71.1. The second kappa shape index (κ2) is 9.06. The van der Waals surface area contributed by atoms with Gasteiger partial charge >= 0.3 is 21.6 Å². The molecule has 1 aliphatic carbocycles. The Bertz CT molecular complexity index is 1310. The maximum absolute atomic E-state index is 12.9. The highest BCUT2D eigenvalue weighted by atomic mass is 32.2. The number of aromatic hydroxyl groups is 1. The van der Waals surface area contributed by atoms with Crippen molar-refractivity contribution in [3.05, 3.63) is 70.3 Å². The third-order valence-corrected chi connectivity index (χ3v) is 6.05. The van der Waals surface area contributed by atoms with E-state index in [2.05, 4.69) is 16.0 Å². The van der Waals surface area contributed by atoms with Crippen molar-refractivity contribution in [2.24, 2.45) is 0 Å². The molecular formula is C24H21F3O6S. The minimum atomic E-state index is -5.90. The highest BCUT2D eigenvalue weighted by molar-refractivity contribution is 7.87. The maximum Gasteiger partial charge on any atom is 0.534 e. The topological polar surface area (TPSA) is 89.9 Å². The van der Waals surface area contributed by atoms with Crippen molar-refractivity contribution >= 4 is 21.8 Å². The fourth-order valence-corrected chi connectivity index (χ4v) is 3.95. The van der Waals surface area contributed by atoms with Crippen LogP contribution in [0.15, 0.2) is 42.5 Å². The summed E-state index contributed by atoms with van der Waals surface area (Å²) in [5, 5.41) is 10.6. The van der Waals surface area contributed by atoms with E-state index in [0.29, 0.717) is 11.1 Å². The Morgan fingerprint density at radius 2 is 1.74 bits per heavy atom. The fourth-order valence-electron chi connectivity index (χ4n) is 3.46. The van der Waals surface area contributed by atoms with E-state index in [1.807, 2.05) is 0 Å². The minimum Gasteiger partial charge on any atom is -0.508 e. The van der Waals surface area contributed by atoms with E-state index in [4.69, 9.17) is 4.74 Å². The van der Waals surface area contributed by atoms with Crippen LogP contribution in [0.3, 0.4) is 0 Å². The number of halogens is 3. The molecule has 10 heteroatoms. The van der Waals surface area contributed by atoms with Gasteiger partial charge in [-0.15, -0.1) is 0 Å². The van der Waals surface area contributed by atoms with Gasteiger partial charge < -0.3 is 14.0 Å². The van der Waals surface area contributed by atoms with Crippen molar-refractivity contribution in [3.63, 3.8) is 0 Å². The van der Waals surface area contributed by atoms with Crippen molar-refractivity contribution in [1.82, 2.24) is 0 Å². The van der Waals surface area contributed by atoms with E-state index in [9.17, 15) is 31.5 Å². The summed E-state index contributed by atoms with van der Waals surface area (Å²) in [6, 6.07) is 8.96. The first-order valence-electron chi connectivity index (χ1n) is 10.1. The molecule has 0 radical (unpaired) electrons. The number of benzene rings is 2. The summed E-state index contributed by atoms with van der Waals surface area (Å²) in [5.74, 6) is 4.37. The molecule has 180 valence electrons. The number of ether oxygens (including phenoxy) is 1. The number of hydrogen-bond donors (Lipinski definition) is 1. The lowest BCUT2D eigenvalue weighted by Gasteiger charge is -2.32. The number of phenols is 1. The molecule has 34 heavy (non-hydrogen) atoms. The average molecular weight is 494 g/mol. The molecule has 0 aliphatic heterocycles. The second-order valence-corrected chi connectivity index (χ2v) is 9.64. The molecule has 0 saturated carbocycles. The van der Waals surface area contributed by atoms with Crippen molar-refractivity contribution in [2.75, 3.05) is 6.61 Å². The van der Waals surface area contributed by atoms with Gasteiger partial charge in [-0.2, -0.15) is 21.6 Å². The number of hydrogen-bond acceptors (Lipinski definition) is 6. The molecule has 2 aromatic rings. The fraction of sp³-hybridized carbons (Fsp3) is 0.292. The Kier molecular flexibility index (Phi) is 6.71. The lowest BCUT2D eigenvalue weighted by atomic mass is 9.74. The van der Waals surface area contributed by atoms with Crippen LogP contribution >= 0.6 is 0 Å². The Morgan fingerprint density at radius 1 is 1.12 bits per heavy atom. The molecule has 0 spiro atoms. The number of rotatable bonds is 4. The molecule has 1 N–H and O–H groups in total. The number of fused-ring (bicyclic) bond motifs is 1. The molecule has 0 saturated heterocycles. The largest absolute Gasteiger partial charge is 0.534 e. The average Bonchev–Trinajstić information content (AvgIpc) is 2.73. The molecule has 6 nitrogen and oxygen atoms in total. The van der Waals surface area contributed by atoms with E-state index >= 15 is 0 Å². The molecular weight excluding hydrogens is 473 g/mol. The van der Waals surface area contributed by atoms with Crippen LogP contribution in [-0.2, 0) is 24.5 Å². The first-order chi connectivity index (χ1) is 15.7. The highest BCUT2D eigenvalue weighted by Crippen LogP contribution is 2.45. The minimum absolute atomic E-state index is 0.00559. The van der Waals surface area contributed by atoms with Crippen LogP contribution in [0.5, 0.6) is 5.75 Å². The SMILES string of the molecule is CCOC(=O)c1ccc(C#Cc2cc(O)c3c(c2)C(OS(=O)(=O)C(F)(F)F)=CCC3(C)C)cc1. The first-order valence-corrected chi connectivity index (χ1v) is 11.5. The standard InChI is InChI=1S/C24H21F3O6S/c1-4-32-22(29)17-9-7-15(8-10-17)5-6-16-13-18-20(33-34(30,31)24(25,26)27)11-12-23(2,3)21(18)19(28)14-16/h7-11,13-14,28H,4,12H2,1-3H3. The van der Waals surface area contributed by atoms with Crippen molar-refractivity contribution in [2.45, 2.75) is 38.1 Å². The smallest absolute Gasteiger partial charge is 0.508 e. The van der Waals surface area contributed by atoms with E-state index in [0.717, 1.165) is 0 Å². The lowest BCUT2D eigenvalue weighted by molar-refractivity contribution is -0.0509. The Morgan fingerprint density at radius 3 is 2.32 bits per heavy atom. The highest BCUT2D eigenvalue weighted by Gasteiger charge is 2.49. The van der Waals surface area contributed by atoms with E-state index in [-0.39, 0.29) is 35.5 Å². The first kappa shape index (κ1) is 25.2. The van der Waals surface area contributed by atoms with Crippen LogP contribution in [0.4, 0.5) is 13.2 Å². The second-order valence-electron chi connectivity index (χ2n) is 8.11. The number of esters is 1.